The van der Waals surface area contributed by atoms with Crippen LogP contribution < -0.4 is 15.4 Å². The van der Waals surface area contributed by atoms with E-state index in [1.54, 1.807) is 17.4 Å². The van der Waals surface area contributed by atoms with Gasteiger partial charge in [0.15, 0.2) is 6.61 Å². The number of carbonyl (C=O) groups is 2. The number of hydrogen-bond donors (Lipinski definition) is 2. The molecule has 138 valence electrons. The van der Waals surface area contributed by atoms with Crippen LogP contribution in [-0.2, 0) is 16.0 Å². The van der Waals surface area contributed by atoms with E-state index in [4.69, 9.17) is 4.74 Å². The van der Waals surface area contributed by atoms with E-state index in [0.717, 1.165) is 12.0 Å². The summed E-state index contributed by atoms with van der Waals surface area (Å²) >= 11 is 0. The fourth-order valence-corrected chi connectivity index (χ4v) is 2.15. The Labute approximate surface area is 148 Å². The summed E-state index contributed by atoms with van der Waals surface area (Å²) in [6, 6.07) is 12.7. The summed E-state index contributed by atoms with van der Waals surface area (Å²) in [6.45, 7) is 1.71. The van der Waals surface area contributed by atoms with Gasteiger partial charge in [-0.25, -0.2) is 0 Å². The Morgan fingerprint density at radius 1 is 1.00 bits per heavy atom. The summed E-state index contributed by atoms with van der Waals surface area (Å²) in [5.41, 5.74) is 1.11. The summed E-state index contributed by atoms with van der Waals surface area (Å²) in [5, 5.41) is 4.23. The summed E-state index contributed by atoms with van der Waals surface area (Å²) in [7, 11) is 0. The van der Waals surface area contributed by atoms with Gasteiger partial charge in [-0.2, -0.15) is 13.2 Å². The fourth-order valence-electron chi connectivity index (χ4n) is 2.15. The molecule has 0 radical (unpaired) electrons. The van der Waals surface area contributed by atoms with Crippen LogP contribution in [0.15, 0.2) is 48.5 Å². The number of rotatable bonds is 6. The average molecular weight is 366 g/mol. The van der Waals surface area contributed by atoms with Gasteiger partial charge in [0.05, 0.1) is 0 Å². The maximum Gasteiger partial charge on any atom is 0.471 e. The summed E-state index contributed by atoms with van der Waals surface area (Å²) < 4.78 is 42.3. The highest BCUT2D eigenvalue weighted by Gasteiger charge is 2.38. The van der Waals surface area contributed by atoms with Crippen molar-refractivity contribution in [3.63, 3.8) is 0 Å². The standard InChI is InChI=1S/C18H17F3N2O3/c1-2-12-6-3-4-9-15(12)26-11-16(24)22-13-7-5-8-14(10-13)23-17(25)18(19,20)21/h3-10H,2,11H2,1H3,(H,22,24)(H,23,25). The molecule has 0 aliphatic rings. The molecule has 8 heteroatoms. The van der Waals surface area contributed by atoms with E-state index in [1.807, 2.05) is 19.1 Å². The Morgan fingerprint density at radius 2 is 1.65 bits per heavy atom. The maximum atomic E-state index is 12.3. The van der Waals surface area contributed by atoms with Crippen molar-refractivity contribution in [1.29, 1.82) is 0 Å². The lowest BCUT2D eigenvalue weighted by Gasteiger charge is -2.12. The van der Waals surface area contributed by atoms with E-state index in [0.29, 0.717) is 5.75 Å². The van der Waals surface area contributed by atoms with Gasteiger partial charge in [-0.15, -0.1) is 0 Å². The highest BCUT2D eigenvalue weighted by atomic mass is 19.4. The highest BCUT2D eigenvalue weighted by molar-refractivity contribution is 5.96. The Bertz CT molecular complexity index is 791. The molecule has 5 nitrogen and oxygen atoms in total. The van der Waals surface area contributed by atoms with E-state index in [2.05, 4.69) is 5.32 Å². The first-order chi connectivity index (χ1) is 12.3. The van der Waals surface area contributed by atoms with Crippen molar-refractivity contribution < 1.29 is 27.5 Å². The predicted molar refractivity (Wildman–Crippen MR) is 91.1 cm³/mol. The third-order valence-corrected chi connectivity index (χ3v) is 3.37. The van der Waals surface area contributed by atoms with Gasteiger partial charge in [-0.05, 0) is 36.2 Å². The van der Waals surface area contributed by atoms with Gasteiger partial charge in [0.1, 0.15) is 5.75 Å². The predicted octanol–water partition coefficient (Wildman–Crippen LogP) is 3.77. The van der Waals surface area contributed by atoms with Gasteiger partial charge in [-0.3, -0.25) is 9.59 Å². The minimum absolute atomic E-state index is 0.0811. The average Bonchev–Trinajstić information content (AvgIpc) is 2.59. The van der Waals surface area contributed by atoms with Gasteiger partial charge in [0, 0.05) is 11.4 Å². The molecule has 0 unspecified atom stereocenters. The van der Waals surface area contributed by atoms with Crippen LogP contribution in [0.5, 0.6) is 5.75 Å². The number of para-hydroxylation sites is 1. The van der Waals surface area contributed by atoms with E-state index >= 15 is 0 Å². The van der Waals surface area contributed by atoms with Gasteiger partial charge >= 0.3 is 12.1 Å². The fraction of sp³-hybridized carbons (Fsp3) is 0.222. The molecule has 0 aromatic heterocycles. The number of alkyl halides is 3. The number of benzene rings is 2. The number of nitrogens with one attached hydrogen (secondary N) is 2. The molecule has 0 saturated carbocycles. The minimum atomic E-state index is -4.99. The molecule has 0 heterocycles. The Balaban J connectivity index is 1.95. The summed E-state index contributed by atoms with van der Waals surface area (Å²) in [6.07, 6.45) is -4.24. The Morgan fingerprint density at radius 3 is 2.31 bits per heavy atom. The second kappa shape index (κ2) is 8.37. The van der Waals surface area contributed by atoms with E-state index in [1.165, 1.54) is 24.3 Å². The number of halogens is 3. The first-order valence-corrected chi connectivity index (χ1v) is 7.78. The monoisotopic (exact) mass is 366 g/mol. The van der Waals surface area contributed by atoms with Crippen LogP contribution in [0, 0.1) is 0 Å². The number of hydrogen-bond acceptors (Lipinski definition) is 3. The van der Waals surface area contributed by atoms with Crippen molar-refractivity contribution in [3.05, 3.63) is 54.1 Å². The normalized spacial score (nSPS) is 10.9. The zero-order valence-corrected chi connectivity index (χ0v) is 13.9. The second-order valence-electron chi connectivity index (χ2n) is 5.33. The van der Waals surface area contributed by atoms with Crippen LogP contribution in [0.2, 0.25) is 0 Å². The van der Waals surface area contributed by atoms with Crippen LogP contribution in [0.4, 0.5) is 24.5 Å². The number of carbonyl (C=O) groups excluding carboxylic acids is 2. The molecule has 26 heavy (non-hydrogen) atoms. The highest BCUT2D eigenvalue weighted by Crippen LogP contribution is 2.21. The molecular formula is C18H17F3N2O3. The lowest BCUT2D eigenvalue weighted by Crippen LogP contribution is -2.30. The molecule has 0 spiro atoms. The molecule has 0 atom stereocenters. The van der Waals surface area contributed by atoms with Gasteiger partial charge in [0.2, 0.25) is 0 Å². The third kappa shape index (κ3) is 5.51. The number of amides is 2. The minimum Gasteiger partial charge on any atom is -0.483 e. The molecule has 0 aliphatic carbocycles. The molecule has 0 bridgehead atoms. The summed E-state index contributed by atoms with van der Waals surface area (Å²) in [5.74, 6) is -1.97. The van der Waals surface area contributed by atoms with Crippen molar-refractivity contribution in [2.24, 2.45) is 0 Å². The second-order valence-corrected chi connectivity index (χ2v) is 5.33. The quantitative estimate of drug-likeness (QED) is 0.818. The van der Waals surface area contributed by atoms with Crippen LogP contribution in [-0.4, -0.2) is 24.6 Å². The van der Waals surface area contributed by atoms with Crippen LogP contribution in [0.3, 0.4) is 0 Å². The number of anilines is 2. The SMILES string of the molecule is CCc1ccccc1OCC(=O)Nc1cccc(NC(=O)C(F)(F)F)c1. The molecule has 0 saturated heterocycles. The molecule has 2 aromatic carbocycles. The molecule has 0 fully saturated rings. The smallest absolute Gasteiger partial charge is 0.471 e. The van der Waals surface area contributed by atoms with Crippen LogP contribution >= 0.6 is 0 Å². The number of ether oxygens (including phenoxy) is 1. The van der Waals surface area contributed by atoms with E-state index < -0.39 is 18.0 Å². The largest absolute Gasteiger partial charge is 0.483 e. The van der Waals surface area contributed by atoms with Crippen molar-refractivity contribution in [2.75, 3.05) is 17.2 Å². The molecular weight excluding hydrogens is 349 g/mol. The van der Waals surface area contributed by atoms with Crippen molar-refractivity contribution in [1.82, 2.24) is 0 Å². The van der Waals surface area contributed by atoms with Crippen molar-refractivity contribution >= 4 is 23.2 Å². The van der Waals surface area contributed by atoms with Crippen molar-refractivity contribution in [3.8, 4) is 5.75 Å². The molecule has 0 aliphatic heterocycles. The van der Waals surface area contributed by atoms with E-state index in [-0.39, 0.29) is 18.0 Å². The molecule has 2 amide bonds. The first-order valence-electron chi connectivity index (χ1n) is 7.78. The number of aryl methyl sites for hydroxylation is 1. The topological polar surface area (TPSA) is 67.4 Å². The zero-order valence-electron chi connectivity index (χ0n) is 13.9. The summed E-state index contributed by atoms with van der Waals surface area (Å²) in [4.78, 5) is 22.9. The third-order valence-electron chi connectivity index (χ3n) is 3.37. The lowest BCUT2D eigenvalue weighted by atomic mass is 10.1. The van der Waals surface area contributed by atoms with Crippen molar-refractivity contribution in [2.45, 2.75) is 19.5 Å². The molecule has 2 aromatic rings. The van der Waals surface area contributed by atoms with Gasteiger partial charge in [-0.1, -0.05) is 31.2 Å². The molecule has 2 N–H and O–H groups in total. The Kier molecular flexibility index (Phi) is 6.21. The van der Waals surface area contributed by atoms with Gasteiger partial charge < -0.3 is 15.4 Å². The molecule has 2 rings (SSSR count). The van der Waals surface area contributed by atoms with Gasteiger partial charge in [0.25, 0.3) is 5.91 Å². The maximum absolute atomic E-state index is 12.3. The first kappa shape index (κ1) is 19.3. The van der Waals surface area contributed by atoms with Crippen LogP contribution in [0.1, 0.15) is 12.5 Å². The zero-order chi connectivity index (χ0) is 19.2. The lowest BCUT2D eigenvalue weighted by molar-refractivity contribution is -0.167. The van der Waals surface area contributed by atoms with E-state index in [9.17, 15) is 22.8 Å². The van der Waals surface area contributed by atoms with Crippen LogP contribution in [0.25, 0.3) is 0 Å². The Hall–Kier alpha value is -3.03.